The van der Waals surface area contributed by atoms with E-state index < -0.39 is 0 Å². The van der Waals surface area contributed by atoms with Crippen molar-refractivity contribution in [2.45, 2.75) is 26.2 Å². The summed E-state index contributed by atoms with van der Waals surface area (Å²) in [5, 5.41) is 0. The van der Waals surface area contributed by atoms with Crippen molar-refractivity contribution < 1.29 is 14.3 Å². The van der Waals surface area contributed by atoms with E-state index in [1.807, 2.05) is 35.2 Å². The summed E-state index contributed by atoms with van der Waals surface area (Å²) in [5.41, 5.74) is 3.17. The molecule has 0 bridgehead atoms. The maximum absolute atomic E-state index is 12.9. The van der Waals surface area contributed by atoms with Gasteiger partial charge in [0.2, 0.25) is 0 Å². The zero-order chi connectivity index (χ0) is 20.3. The predicted octanol–water partition coefficient (Wildman–Crippen LogP) is 3.96. The lowest BCUT2D eigenvalue weighted by molar-refractivity contribution is 0.0746. The number of rotatable bonds is 4. The van der Waals surface area contributed by atoms with Crippen LogP contribution in [0.1, 0.15) is 36.7 Å². The standard InChI is InChI=1S/C23H30N2O3/c1-23(2,3)18-8-6-17(7-9-18)22(26)25-14-12-24(13-15-25)19-10-11-20(27-4)21(16-19)28-5/h6-11,16H,12-15H2,1-5H3. The quantitative estimate of drug-likeness (QED) is 0.803. The molecule has 0 saturated carbocycles. The summed E-state index contributed by atoms with van der Waals surface area (Å²) in [7, 11) is 3.28. The third-order valence-electron chi connectivity index (χ3n) is 5.30. The van der Waals surface area contributed by atoms with Crippen LogP contribution >= 0.6 is 0 Å². The SMILES string of the molecule is COc1ccc(N2CCN(C(=O)c3ccc(C(C)(C)C)cc3)CC2)cc1OC. The van der Waals surface area contributed by atoms with Crippen LogP contribution in [0.3, 0.4) is 0 Å². The monoisotopic (exact) mass is 382 g/mol. The minimum Gasteiger partial charge on any atom is -0.493 e. The van der Waals surface area contributed by atoms with E-state index >= 15 is 0 Å². The molecule has 1 fully saturated rings. The second kappa shape index (κ2) is 8.13. The van der Waals surface area contributed by atoms with E-state index in [-0.39, 0.29) is 11.3 Å². The van der Waals surface area contributed by atoms with Crippen molar-refractivity contribution in [1.29, 1.82) is 0 Å². The Morgan fingerprint density at radius 1 is 0.857 bits per heavy atom. The molecule has 5 heteroatoms. The van der Waals surface area contributed by atoms with Gasteiger partial charge >= 0.3 is 0 Å². The first-order valence-corrected chi connectivity index (χ1v) is 9.70. The summed E-state index contributed by atoms with van der Waals surface area (Å²) in [6.45, 7) is 9.52. The fourth-order valence-corrected chi connectivity index (χ4v) is 3.48. The molecule has 0 spiro atoms. The highest BCUT2D eigenvalue weighted by Crippen LogP contribution is 2.32. The molecule has 150 valence electrons. The van der Waals surface area contributed by atoms with Gasteiger partial charge in [0.25, 0.3) is 5.91 Å². The van der Waals surface area contributed by atoms with Gasteiger partial charge in [-0.1, -0.05) is 32.9 Å². The van der Waals surface area contributed by atoms with E-state index in [2.05, 4.69) is 37.8 Å². The molecule has 3 rings (SSSR count). The van der Waals surface area contributed by atoms with Crippen molar-refractivity contribution in [3.63, 3.8) is 0 Å². The normalized spacial score (nSPS) is 14.8. The maximum atomic E-state index is 12.9. The Morgan fingerprint density at radius 2 is 1.46 bits per heavy atom. The van der Waals surface area contributed by atoms with Gasteiger partial charge in [-0.15, -0.1) is 0 Å². The first kappa shape index (κ1) is 20.1. The second-order valence-electron chi connectivity index (χ2n) is 8.15. The summed E-state index contributed by atoms with van der Waals surface area (Å²) in [6, 6.07) is 14.0. The van der Waals surface area contributed by atoms with Crippen LogP contribution in [0.15, 0.2) is 42.5 Å². The van der Waals surface area contributed by atoms with E-state index in [9.17, 15) is 4.79 Å². The van der Waals surface area contributed by atoms with Gasteiger partial charge in [-0.2, -0.15) is 0 Å². The highest BCUT2D eigenvalue weighted by molar-refractivity contribution is 5.94. The molecule has 1 saturated heterocycles. The van der Waals surface area contributed by atoms with E-state index in [4.69, 9.17) is 9.47 Å². The minimum absolute atomic E-state index is 0.0899. The van der Waals surface area contributed by atoms with Gasteiger partial charge in [0.15, 0.2) is 11.5 Å². The Morgan fingerprint density at radius 3 is 2.00 bits per heavy atom. The molecule has 1 aliphatic heterocycles. The summed E-state index contributed by atoms with van der Waals surface area (Å²) < 4.78 is 10.7. The summed E-state index contributed by atoms with van der Waals surface area (Å²) in [4.78, 5) is 17.1. The molecule has 1 heterocycles. The first-order valence-electron chi connectivity index (χ1n) is 9.70. The number of methoxy groups -OCH3 is 2. The molecule has 5 nitrogen and oxygen atoms in total. The number of ether oxygens (including phenoxy) is 2. The molecule has 2 aromatic rings. The van der Waals surface area contributed by atoms with Crippen molar-refractivity contribution in [1.82, 2.24) is 4.90 Å². The summed E-state index contributed by atoms with van der Waals surface area (Å²) in [5.74, 6) is 1.55. The number of anilines is 1. The highest BCUT2D eigenvalue weighted by Gasteiger charge is 2.23. The van der Waals surface area contributed by atoms with Gasteiger partial charge in [0.05, 0.1) is 14.2 Å². The average Bonchev–Trinajstić information content (AvgIpc) is 2.72. The van der Waals surface area contributed by atoms with Crippen LogP contribution in [0.4, 0.5) is 5.69 Å². The molecular formula is C23H30N2O3. The smallest absolute Gasteiger partial charge is 0.253 e. The molecule has 1 aliphatic rings. The molecule has 28 heavy (non-hydrogen) atoms. The van der Waals surface area contributed by atoms with Crippen LogP contribution in [0.5, 0.6) is 11.5 Å². The van der Waals surface area contributed by atoms with Crippen LogP contribution in [-0.2, 0) is 5.41 Å². The Kier molecular flexibility index (Phi) is 5.82. The van der Waals surface area contributed by atoms with Crippen LogP contribution in [0, 0.1) is 0 Å². The molecule has 2 aromatic carbocycles. The Hall–Kier alpha value is -2.69. The number of benzene rings is 2. The fourth-order valence-electron chi connectivity index (χ4n) is 3.48. The summed E-state index contributed by atoms with van der Waals surface area (Å²) >= 11 is 0. The molecule has 0 N–H and O–H groups in total. The van der Waals surface area contributed by atoms with Crippen molar-refractivity contribution in [3.05, 3.63) is 53.6 Å². The summed E-state index contributed by atoms with van der Waals surface area (Å²) in [6.07, 6.45) is 0. The van der Waals surface area contributed by atoms with Crippen LogP contribution in [0.25, 0.3) is 0 Å². The number of amides is 1. The van der Waals surface area contributed by atoms with E-state index in [0.29, 0.717) is 13.1 Å². The van der Waals surface area contributed by atoms with Crippen molar-refractivity contribution >= 4 is 11.6 Å². The first-order chi connectivity index (χ1) is 13.3. The number of nitrogens with zero attached hydrogens (tertiary/aromatic N) is 2. The minimum atomic E-state index is 0.0899. The maximum Gasteiger partial charge on any atom is 0.253 e. The number of piperazine rings is 1. The van der Waals surface area contributed by atoms with Crippen LogP contribution in [-0.4, -0.2) is 51.2 Å². The number of carbonyl (C=O) groups is 1. The van der Waals surface area contributed by atoms with E-state index in [1.54, 1.807) is 14.2 Å². The largest absolute Gasteiger partial charge is 0.493 e. The molecule has 0 aliphatic carbocycles. The Labute approximate surface area is 167 Å². The van der Waals surface area contributed by atoms with Gasteiger partial charge in [-0.3, -0.25) is 4.79 Å². The molecule has 0 atom stereocenters. The molecular weight excluding hydrogens is 352 g/mol. The Bertz CT molecular complexity index is 817. The zero-order valence-electron chi connectivity index (χ0n) is 17.5. The molecule has 0 radical (unpaired) electrons. The zero-order valence-corrected chi connectivity index (χ0v) is 17.5. The van der Waals surface area contributed by atoms with Crippen LogP contribution < -0.4 is 14.4 Å². The number of hydrogen-bond donors (Lipinski definition) is 0. The lowest BCUT2D eigenvalue weighted by atomic mass is 9.86. The van der Waals surface area contributed by atoms with Gasteiger partial charge in [-0.05, 0) is 35.2 Å². The van der Waals surface area contributed by atoms with Crippen molar-refractivity contribution in [2.24, 2.45) is 0 Å². The van der Waals surface area contributed by atoms with Gasteiger partial charge in [0, 0.05) is 43.5 Å². The van der Waals surface area contributed by atoms with E-state index in [0.717, 1.165) is 35.8 Å². The average molecular weight is 383 g/mol. The molecule has 1 amide bonds. The lowest BCUT2D eigenvalue weighted by Crippen LogP contribution is -2.48. The molecule has 0 unspecified atom stereocenters. The van der Waals surface area contributed by atoms with Gasteiger partial charge < -0.3 is 19.3 Å². The second-order valence-corrected chi connectivity index (χ2v) is 8.15. The van der Waals surface area contributed by atoms with Crippen molar-refractivity contribution in [3.8, 4) is 11.5 Å². The third kappa shape index (κ3) is 4.24. The molecule has 0 aromatic heterocycles. The number of hydrogen-bond acceptors (Lipinski definition) is 4. The van der Waals surface area contributed by atoms with Gasteiger partial charge in [0.1, 0.15) is 0 Å². The Balaban J connectivity index is 1.64. The predicted molar refractivity (Wildman–Crippen MR) is 113 cm³/mol. The topological polar surface area (TPSA) is 42.0 Å². The van der Waals surface area contributed by atoms with Gasteiger partial charge in [-0.25, -0.2) is 0 Å². The van der Waals surface area contributed by atoms with Crippen LogP contribution in [0.2, 0.25) is 0 Å². The highest BCUT2D eigenvalue weighted by atomic mass is 16.5. The van der Waals surface area contributed by atoms with E-state index in [1.165, 1.54) is 5.56 Å². The van der Waals surface area contributed by atoms with Crippen molar-refractivity contribution in [2.75, 3.05) is 45.3 Å². The third-order valence-corrected chi connectivity index (χ3v) is 5.30. The fraction of sp³-hybridized carbons (Fsp3) is 0.435. The number of carbonyl (C=O) groups excluding carboxylic acids is 1. The lowest BCUT2D eigenvalue weighted by Gasteiger charge is -2.36.